The van der Waals surface area contributed by atoms with Gasteiger partial charge in [-0.3, -0.25) is 19.0 Å². The minimum atomic E-state index is -5.15. The van der Waals surface area contributed by atoms with E-state index in [9.17, 15) is 35.7 Å². The molecule has 0 spiro atoms. The molecule has 186 valence electrons. The minimum Gasteiger partial charge on any atom is -0.325 e. The van der Waals surface area contributed by atoms with Gasteiger partial charge in [0.25, 0.3) is 5.91 Å². The van der Waals surface area contributed by atoms with Crippen LogP contribution in [0.2, 0.25) is 5.02 Å². The van der Waals surface area contributed by atoms with Crippen LogP contribution in [0.15, 0.2) is 36.4 Å². The largest absolute Gasteiger partial charge is 0.417 e. The molecule has 2 aromatic rings. The summed E-state index contributed by atoms with van der Waals surface area (Å²) in [6, 6.07) is 7.56. The van der Waals surface area contributed by atoms with E-state index >= 15 is 0 Å². The van der Waals surface area contributed by atoms with E-state index in [0.29, 0.717) is 11.0 Å². The Morgan fingerprint density at radius 1 is 1.20 bits per heavy atom. The molecule has 1 saturated heterocycles. The Kier molecular flexibility index (Phi) is 6.53. The number of hydrogen-bond acceptors (Lipinski definition) is 6. The second-order valence-electron chi connectivity index (χ2n) is 8.13. The van der Waals surface area contributed by atoms with Crippen LogP contribution >= 0.6 is 11.6 Å². The summed E-state index contributed by atoms with van der Waals surface area (Å²) in [4.78, 5) is 26.4. The molecule has 3 rings (SSSR count). The molecule has 0 aliphatic carbocycles. The zero-order chi connectivity index (χ0) is 26.5. The number of carbonyl (C=O) groups excluding carboxylic acids is 2. The van der Waals surface area contributed by atoms with Crippen LogP contribution in [-0.4, -0.2) is 35.8 Å². The van der Waals surface area contributed by atoms with Crippen molar-refractivity contribution in [2.45, 2.75) is 38.0 Å². The van der Waals surface area contributed by atoms with E-state index in [1.807, 2.05) is 0 Å². The molecular weight excluding hydrogens is 513 g/mol. The number of carbonyl (C=O) groups is 2. The average molecular weight is 531 g/mol. The third-order valence-electron chi connectivity index (χ3n) is 5.30. The smallest absolute Gasteiger partial charge is 0.325 e. The first-order valence-electron chi connectivity index (χ1n) is 9.78. The zero-order valence-electron chi connectivity index (χ0n) is 18.4. The maximum Gasteiger partial charge on any atom is 0.417 e. The third kappa shape index (κ3) is 4.77. The van der Waals surface area contributed by atoms with Gasteiger partial charge in [-0.1, -0.05) is 11.6 Å². The van der Waals surface area contributed by atoms with Gasteiger partial charge in [0.15, 0.2) is 0 Å². The molecule has 2 N–H and O–H groups in total. The lowest BCUT2D eigenvalue weighted by atomic mass is 10.0. The third-order valence-corrected chi connectivity index (χ3v) is 6.58. The van der Waals surface area contributed by atoms with Gasteiger partial charge >= 0.3 is 16.3 Å². The Bertz CT molecular complexity index is 1370. The van der Waals surface area contributed by atoms with Crippen molar-refractivity contribution in [1.82, 2.24) is 0 Å². The average Bonchev–Trinajstić information content (AvgIpc) is 2.94. The van der Waals surface area contributed by atoms with Crippen molar-refractivity contribution in [2.75, 3.05) is 15.1 Å². The fraction of sp³-hybridized carbons (Fsp3) is 0.286. The predicted molar refractivity (Wildman–Crippen MR) is 121 cm³/mol. The number of benzene rings is 2. The SMILES string of the molecule is CC(=O)Nc1cc(N2C(S(=O)(=O)O)N(c3ccc(C#N)c(C(F)(F)F)c3)C(=O)C2(C)C)ccc1Cl. The van der Waals surface area contributed by atoms with Gasteiger partial charge in [-0.15, -0.1) is 0 Å². The number of amides is 2. The van der Waals surface area contributed by atoms with Crippen molar-refractivity contribution in [1.29, 1.82) is 5.26 Å². The molecule has 1 heterocycles. The Morgan fingerprint density at radius 2 is 1.80 bits per heavy atom. The first kappa shape index (κ1) is 26.3. The summed E-state index contributed by atoms with van der Waals surface area (Å²) in [5.41, 5.74) is -6.40. The van der Waals surface area contributed by atoms with E-state index in [1.165, 1.54) is 45.0 Å². The summed E-state index contributed by atoms with van der Waals surface area (Å²) in [5, 5.41) is 11.6. The fourth-order valence-corrected chi connectivity index (χ4v) is 5.11. The fourth-order valence-electron chi connectivity index (χ4n) is 3.81. The van der Waals surface area contributed by atoms with Crippen LogP contribution in [-0.2, 0) is 25.9 Å². The Labute approximate surface area is 203 Å². The lowest BCUT2D eigenvalue weighted by molar-refractivity contribution is -0.137. The molecule has 0 radical (unpaired) electrons. The molecule has 1 fully saturated rings. The number of anilines is 3. The van der Waals surface area contributed by atoms with E-state index < -0.39 is 56.0 Å². The Hall–Kier alpha value is -3.34. The lowest BCUT2D eigenvalue weighted by Gasteiger charge is -2.34. The highest BCUT2D eigenvalue weighted by Gasteiger charge is 2.57. The van der Waals surface area contributed by atoms with Crippen molar-refractivity contribution >= 4 is 50.6 Å². The molecule has 2 aromatic carbocycles. The number of nitriles is 1. The lowest BCUT2D eigenvalue weighted by Crippen LogP contribution is -2.49. The standard InChI is InChI=1S/C21H18ClF3N4O5S/c1-11(30)27-17-9-14(6-7-16(17)22)29-19(35(32,33)34)28(18(31)20(29,2)3)13-5-4-12(10-26)15(8-13)21(23,24)25/h4-9,19H,1-3H3,(H,27,30)(H,32,33,34). The zero-order valence-corrected chi connectivity index (χ0v) is 20.0. The Balaban J connectivity index is 2.27. The second kappa shape index (κ2) is 8.71. The van der Waals surface area contributed by atoms with Crippen molar-refractivity contribution in [3.63, 3.8) is 0 Å². The molecule has 0 aromatic heterocycles. The molecule has 2 amide bonds. The van der Waals surface area contributed by atoms with Crippen molar-refractivity contribution in [3.8, 4) is 6.07 Å². The van der Waals surface area contributed by atoms with E-state index in [4.69, 9.17) is 16.9 Å². The van der Waals surface area contributed by atoms with Gasteiger partial charge in [0.1, 0.15) is 5.54 Å². The van der Waals surface area contributed by atoms with Gasteiger partial charge in [-0.05, 0) is 50.2 Å². The van der Waals surface area contributed by atoms with Crippen LogP contribution in [0.3, 0.4) is 0 Å². The number of rotatable bonds is 4. The number of hydrogen-bond donors (Lipinski definition) is 2. The highest BCUT2D eigenvalue weighted by atomic mass is 35.5. The molecular formula is C21H18ClF3N4O5S. The van der Waals surface area contributed by atoms with Gasteiger partial charge < -0.3 is 10.2 Å². The summed E-state index contributed by atoms with van der Waals surface area (Å²) >= 11 is 6.08. The minimum absolute atomic E-state index is 0.0197. The Morgan fingerprint density at radius 3 is 2.31 bits per heavy atom. The maximum absolute atomic E-state index is 13.5. The monoisotopic (exact) mass is 530 g/mol. The quantitative estimate of drug-likeness (QED) is 0.571. The van der Waals surface area contributed by atoms with Gasteiger partial charge in [-0.2, -0.15) is 26.9 Å². The highest BCUT2D eigenvalue weighted by Crippen LogP contribution is 2.43. The summed E-state index contributed by atoms with van der Waals surface area (Å²) in [6.45, 7) is 3.83. The van der Waals surface area contributed by atoms with E-state index in [-0.39, 0.29) is 16.4 Å². The van der Waals surface area contributed by atoms with Gasteiger partial charge in [0.2, 0.25) is 11.4 Å². The number of alkyl halides is 3. The number of nitrogens with zero attached hydrogens (tertiary/aromatic N) is 3. The summed E-state index contributed by atoms with van der Waals surface area (Å²) in [5.74, 6) is -1.44. The van der Waals surface area contributed by atoms with Crippen LogP contribution in [0.25, 0.3) is 0 Å². The maximum atomic E-state index is 13.5. The molecule has 1 atom stereocenters. The normalized spacial score (nSPS) is 17.9. The number of halogens is 4. The first-order chi connectivity index (χ1) is 16.0. The summed E-state index contributed by atoms with van der Waals surface area (Å²) in [6.07, 6.45) is -4.98. The van der Waals surface area contributed by atoms with E-state index in [2.05, 4.69) is 5.32 Å². The van der Waals surface area contributed by atoms with Gasteiger partial charge in [0.05, 0.1) is 27.9 Å². The molecule has 0 bridgehead atoms. The molecule has 0 saturated carbocycles. The van der Waals surface area contributed by atoms with E-state index in [1.54, 1.807) is 0 Å². The molecule has 1 aliphatic rings. The number of nitrogens with one attached hydrogen (secondary N) is 1. The molecule has 14 heteroatoms. The highest BCUT2D eigenvalue weighted by molar-refractivity contribution is 7.86. The van der Waals surface area contributed by atoms with Crippen LogP contribution in [0.4, 0.5) is 30.2 Å². The molecule has 35 heavy (non-hydrogen) atoms. The van der Waals surface area contributed by atoms with Crippen LogP contribution in [0.1, 0.15) is 31.9 Å². The summed E-state index contributed by atoms with van der Waals surface area (Å²) < 4.78 is 75.7. The van der Waals surface area contributed by atoms with Crippen molar-refractivity contribution < 1.29 is 35.7 Å². The van der Waals surface area contributed by atoms with Crippen LogP contribution in [0.5, 0.6) is 0 Å². The van der Waals surface area contributed by atoms with E-state index in [0.717, 1.165) is 17.0 Å². The molecule has 9 nitrogen and oxygen atoms in total. The van der Waals surface area contributed by atoms with Gasteiger partial charge in [0, 0.05) is 18.3 Å². The van der Waals surface area contributed by atoms with Gasteiger partial charge in [-0.25, -0.2) is 0 Å². The topological polar surface area (TPSA) is 131 Å². The van der Waals surface area contributed by atoms with Crippen LogP contribution in [0, 0.1) is 11.3 Å². The van der Waals surface area contributed by atoms with Crippen molar-refractivity contribution in [2.24, 2.45) is 0 Å². The molecule has 1 unspecified atom stereocenters. The van der Waals surface area contributed by atoms with Crippen LogP contribution < -0.4 is 15.1 Å². The molecule has 1 aliphatic heterocycles. The summed E-state index contributed by atoms with van der Waals surface area (Å²) in [7, 11) is -5.15. The predicted octanol–water partition coefficient (Wildman–Crippen LogP) is 3.99. The first-order valence-corrected chi connectivity index (χ1v) is 11.7. The van der Waals surface area contributed by atoms with Crippen molar-refractivity contribution in [3.05, 3.63) is 52.5 Å². The second-order valence-corrected chi connectivity index (χ2v) is 9.99.